The third-order valence-electron chi connectivity index (χ3n) is 2.69. The number of aryl methyl sites for hydroxylation is 1. The molecule has 3 rings (SSSR count). The molecule has 2 nitrogen and oxygen atoms in total. The van der Waals surface area contributed by atoms with E-state index in [-0.39, 0.29) is 0 Å². The maximum atomic E-state index is 6.10. The van der Waals surface area contributed by atoms with Crippen molar-refractivity contribution in [2.24, 2.45) is 0 Å². The summed E-state index contributed by atoms with van der Waals surface area (Å²) in [6, 6.07) is 14.0. The Kier molecular flexibility index (Phi) is 2.94. The van der Waals surface area contributed by atoms with Crippen LogP contribution in [0.3, 0.4) is 0 Å². The molecule has 3 aromatic rings. The fourth-order valence-corrected chi connectivity index (χ4v) is 2.87. The van der Waals surface area contributed by atoms with E-state index in [1.54, 1.807) is 11.3 Å². The zero-order chi connectivity index (χ0) is 12.5. The van der Waals surface area contributed by atoms with Gasteiger partial charge in [0.05, 0.1) is 10.2 Å². The number of anilines is 2. The summed E-state index contributed by atoms with van der Waals surface area (Å²) in [7, 11) is 0. The van der Waals surface area contributed by atoms with Gasteiger partial charge in [-0.25, -0.2) is 4.98 Å². The van der Waals surface area contributed by atoms with Crippen LogP contribution in [-0.2, 0) is 0 Å². The summed E-state index contributed by atoms with van der Waals surface area (Å²) < 4.78 is 1.15. The Morgan fingerprint density at radius 3 is 2.72 bits per heavy atom. The normalized spacial score (nSPS) is 10.8. The van der Waals surface area contributed by atoms with Gasteiger partial charge in [-0.2, -0.15) is 0 Å². The lowest BCUT2D eigenvalue weighted by Crippen LogP contribution is -1.87. The molecule has 1 N–H and O–H groups in total. The molecule has 1 aromatic heterocycles. The molecular formula is C14H11ClN2S. The first-order valence-corrected chi connectivity index (χ1v) is 6.80. The largest absolute Gasteiger partial charge is 0.332 e. The van der Waals surface area contributed by atoms with E-state index in [0.717, 1.165) is 31.6 Å². The number of aromatic nitrogens is 1. The molecule has 90 valence electrons. The number of halogens is 1. The summed E-state index contributed by atoms with van der Waals surface area (Å²) in [5.74, 6) is 0. The molecule has 4 heteroatoms. The van der Waals surface area contributed by atoms with Gasteiger partial charge in [0.15, 0.2) is 5.13 Å². The van der Waals surface area contributed by atoms with Gasteiger partial charge in [-0.05, 0) is 36.8 Å². The molecule has 0 radical (unpaired) electrons. The Balaban J connectivity index is 1.99. The fourth-order valence-electron chi connectivity index (χ4n) is 1.75. The Hall–Kier alpha value is -1.58. The molecule has 2 aromatic carbocycles. The van der Waals surface area contributed by atoms with E-state index in [4.69, 9.17) is 11.6 Å². The van der Waals surface area contributed by atoms with E-state index in [9.17, 15) is 0 Å². The smallest absolute Gasteiger partial charge is 0.188 e. The molecule has 0 aliphatic heterocycles. The number of nitrogens with one attached hydrogen (secondary N) is 1. The lowest BCUT2D eigenvalue weighted by molar-refractivity contribution is 1.43. The Labute approximate surface area is 114 Å². The summed E-state index contributed by atoms with van der Waals surface area (Å²) in [6.07, 6.45) is 0. The van der Waals surface area contributed by atoms with Gasteiger partial charge in [0.25, 0.3) is 0 Å². The van der Waals surface area contributed by atoms with Gasteiger partial charge in [-0.3, -0.25) is 0 Å². The van der Waals surface area contributed by atoms with Crippen LogP contribution in [0.25, 0.3) is 10.2 Å². The van der Waals surface area contributed by atoms with E-state index >= 15 is 0 Å². The molecule has 0 fully saturated rings. The van der Waals surface area contributed by atoms with Gasteiger partial charge in [-0.1, -0.05) is 41.1 Å². The van der Waals surface area contributed by atoms with E-state index in [0.29, 0.717) is 0 Å². The van der Waals surface area contributed by atoms with Crippen LogP contribution in [0, 0.1) is 6.92 Å². The van der Waals surface area contributed by atoms with Crippen molar-refractivity contribution >= 4 is 44.0 Å². The summed E-state index contributed by atoms with van der Waals surface area (Å²) in [5, 5.41) is 4.95. The average Bonchev–Trinajstić information content (AvgIpc) is 2.72. The number of para-hydroxylation sites is 1. The van der Waals surface area contributed by atoms with Crippen LogP contribution in [-0.4, -0.2) is 4.98 Å². The topological polar surface area (TPSA) is 24.9 Å². The number of nitrogens with zero attached hydrogens (tertiary/aromatic N) is 1. The van der Waals surface area contributed by atoms with Crippen molar-refractivity contribution in [2.75, 3.05) is 5.32 Å². The first-order chi connectivity index (χ1) is 8.72. The second-order valence-electron chi connectivity index (χ2n) is 4.08. The third kappa shape index (κ3) is 2.19. The number of hydrogen-bond donors (Lipinski definition) is 1. The zero-order valence-corrected chi connectivity index (χ0v) is 11.3. The minimum absolute atomic E-state index is 0.763. The highest BCUT2D eigenvalue weighted by molar-refractivity contribution is 7.22. The van der Waals surface area contributed by atoms with Crippen molar-refractivity contribution < 1.29 is 0 Å². The minimum Gasteiger partial charge on any atom is -0.332 e. The monoisotopic (exact) mass is 274 g/mol. The van der Waals surface area contributed by atoms with Crippen molar-refractivity contribution in [3.8, 4) is 0 Å². The highest BCUT2D eigenvalue weighted by Crippen LogP contribution is 2.31. The van der Waals surface area contributed by atoms with Crippen LogP contribution in [0.4, 0.5) is 10.8 Å². The zero-order valence-electron chi connectivity index (χ0n) is 9.77. The van der Waals surface area contributed by atoms with Crippen LogP contribution in [0.15, 0.2) is 42.5 Å². The fraction of sp³-hybridized carbons (Fsp3) is 0.0714. The maximum absolute atomic E-state index is 6.10. The second kappa shape index (κ2) is 4.59. The van der Waals surface area contributed by atoms with E-state index in [1.807, 2.05) is 43.3 Å². The summed E-state index contributed by atoms with van der Waals surface area (Å²) >= 11 is 7.74. The van der Waals surface area contributed by atoms with E-state index in [2.05, 4.69) is 16.4 Å². The van der Waals surface area contributed by atoms with Crippen LogP contribution < -0.4 is 5.32 Å². The first kappa shape index (κ1) is 11.5. The van der Waals surface area contributed by atoms with Crippen LogP contribution >= 0.6 is 22.9 Å². The van der Waals surface area contributed by atoms with Gasteiger partial charge in [-0.15, -0.1) is 0 Å². The second-order valence-corrected chi connectivity index (χ2v) is 5.52. The molecule has 0 bridgehead atoms. The lowest BCUT2D eigenvalue weighted by Gasteiger charge is -1.99. The molecular weight excluding hydrogens is 264 g/mol. The Bertz CT molecular complexity index is 653. The highest BCUT2D eigenvalue weighted by Gasteiger charge is 2.06. The summed E-state index contributed by atoms with van der Waals surface area (Å²) in [5.41, 5.74) is 3.06. The third-order valence-corrected chi connectivity index (χ3v) is 4.03. The molecule has 1 heterocycles. The van der Waals surface area contributed by atoms with Gasteiger partial charge in [0, 0.05) is 10.7 Å². The summed E-state index contributed by atoms with van der Waals surface area (Å²) in [6.45, 7) is 2.01. The van der Waals surface area contributed by atoms with Crippen LogP contribution in [0.5, 0.6) is 0 Å². The Morgan fingerprint density at radius 2 is 1.94 bits per heavy atom. The number of thiazole rings is 1. The average molecular weight is 275 g/mol. The van der Waals surface area contributed by atoms with Gasteiger partial charge in [0.2, 0.25) is 0 Å². The molecule has 18 heavy (non-hydrogen) atoms. The van der Waals surface area contributed by atoms with Gasteiger partial charge >= 0.3 is 0 Å². The molecule has 0 aliphatic carbocycles. The van der Waals surface area contributed by atoms with Crippen molar-refractivity contribution in [2.45, 2.75) is 6.92 Å². The maximum Gasteiger partial charge on any atom is 0.188 e. The highest BCUT2D eigenvalue weighted by atomic mass is 35.5. The molecule has 0 aliphatic rings. The number of benzene rings is 2. The number of hydrogen-bond acceptors (Lipinski definition) is 3. The predicted molar refractivity (Wildman–Crippen MR) is 79.1 cm³/mol. The van der Waals surface area contributed by atoms with Crippen molar-refractivity contribution in [1.82, 2.24) is 4.98 Å². The SMILES string of the molecule is Cc1cc2sc(Nc3ccccc3)nc2cc1Cl. The van der Waals surface area contributed by atoms with Crippen molar-refractivity contribution in [3.05, 3.63) is 53.1 Å². The number of rotatable bonds is 2. The molecule has 0 unspecified atom stereocenters. The van der Waals surface area contributed by atoms with Crippen molar-refractivity contribution in [3.63, 3.8) is 0 Å². The molecule has 0 atom stereocenters. The lowest BCUT2D eigenvalue weighted by atomic mass is 10.2. The van der Waals surface area contributed by atoms with Crippen LogP contribution in [0.2, 0.25) is 5.02 Å². The van der Waals surface area contributed by atoms with E-state index in [1.165, 1.54) is 0 Å². The standard InChI is InChI=1S/C14H11ClN2S/c1-9-7-13-12(8-11(9)15)17-14(18-13)16-10-5-3-2-4-6-10/h2-8H,1H3,(H,16,17). The summed E-state index contributed by atoms with van der Waals surface area (Å²) in [4.78, 5) is 4.53. The van der Waals surface area contributed by atoms with Gasteiger partial charge < -0.3 is 5.32 Å². The molecule has 0 saturated carbocycles. The predicted octanol–water partition coefficient (Wildman–Crippen LogP) is 5.00. The van der Waals surface area contributed by atoms with E-state index < -0.39 is 0 Å². The van der Waals surface area contributed by atoms with Crippen molar-refractivity contribution in [1.29, 1.82) is 0 Å². The van der Waals surface area contributed by atoms with Gasteiger partial charge in [0.1, 0.15) is 0 Å². The Morgan fingerprint density at radius 1 is 1.17 bits per heavy atom. The number of fused-ring (bicyclic) bond motifs is 1. The van der Waals surface area contributed by atoms with Crippen LogP contribution in [0.1, 0.15) is 5.56 Å². The molecule has 0 spiro atoms. The first-order valence-electron chi connectivity index (χ1n) is 5.61. The minimum atomic E-state index is 0.763. The molecule has 0 saturated heterocycles. The quantitative estimate of drug-likeness (QED) is 0.711. The molecule has 0 amide bonds.